The van der Waals surface area contributed by atoms with Crippen molar-refractivity contribution in [1.29, 1.82) is 0 Å². The Balaban J connectivity index is 2.13. The Hall–Kier alpha value is -3.16. The molecule has 0 aliphatic rings. The van der Waals surface area contributed by atoms with Gasteiger partial charge in [0.1, 0.15) is 11.2 Å². The smallest absolute Gasteiger partial charge is 0.239 e. The van der Waals surface area contributed by atoms with E-state index in [9.17, 15) is 9.59 Å². The van der Waals surface area contributed by atoms with Crippen molar-refractivity contribution in [3.63, 3.8) is 0 Å². The second-order valence-corrected chi connectivity index (χ2v) is 6.26. The third-order valence-corrected chi connectivity index (χ3v) is 4.06. The van der Waals surface area contributed by atoms with E-state index in [1.165, 1.54) is 41.4 Å². The van der Waals surface area contributed by atoms with Crippen molar-refractivity contribution in [3.8, 4) is 17.2 Å². The van der Waals surface area contributed by atoms with Gasteiger partial charge in [0.2, 0.25) is 17.6 Å². The van der Waals surface area contributed by atoms with Gasteiger partial charge >= 0.3 is 0 Å². The van der Waals surface area contributed by atoms with Crippen molar-refractivity contribution in [2.75, 3.05) is 26.6 Å². The lowest BCUT2D eigenvalue weighted by Gasteiger charge is -2.23. The first-order chi connectivity index (χ1) is 12.8. The largest absolute Gasteiger partial charge is 0.493 e. The average Bonchev–Trinajstić information content (AvgIpc) is 3.18. The summed E-state index contributed by atoms with van der Waals surface area (Å²) in [5, 5.41) is 5.41. The molecule has 8 nitrogen and oxygen atoms in total. The van der Waals surface area contributed by atoms with E-state index in [1.54, 1.807) is 24.3 Å². The molecule has 27 heavy (non-hydrogen) atoms. The Morgan fingerprint density at radius 1 is 1.04 bits per heavy atom. The monoisotopic (exact) mass is 376 g/mol. The van der Waals surface area contributed by atoms with Crippen LogP contribution in [0, 0.1) is 5.41 Å². The van der Waals surface area contributed by atoms with Crippen LogP contribution in [-0.2, 0) is 16.1 Å². The quantitative estimate of drug-likeness (QED) is 0.687. The van der Waals surface area contributed by atoms with Crippen molar-refractivity contribution in [1.82, 2.24) is 5.32 Å². The van der Waals surface area contributed by atoms with Crippen LogP contribution < -0.4 is 24.8 Å². The van der Waals surface area contributed by atoms with Gasteiger partial charge in [0.15, 0.2) is 11.5 Å². The topological polar surface area (TPSA) is 99.0 Å². The standard InChI is InChI=1S/C19H24N2O6/c1-19(2,17(22)20-11-13-7-6-8-27-13)18(23)21-12-9-14(24-3)16(26-5)15(10-12)25-4/h6-10H,11H2,1-5H3,(H,20,22)(H,21,23). The molecule has 0 saturated carbocycles. The highest BCUT2D eigenvalue weighted by Gasteiger charge is 2.36. The van der Waals surface area contributed by atoms with Gasteiger partial charge in [-0.25, -0.2) is 0 Å². The molecule has 0 unspecified atom stereocenters. The van der Waals surface area contributed by atoms with Crippen LogP contribution in [-0.4, -0.2) is 33.1 Å². The molecule has 0 fully saturated rings. The summed E-state index contributed by atoms with van der Waals surface area (Å²) < 4.78 is 21.0. The molecular formula is C19H24N2O6. The number of hydrogen-bond acceptors (Lipinski definition) is 6. The number of anilines is 1. The maximum absolute atomic E-state index is 12.7. The fourth-order valence-electron chi connectivity index (χ4n) is 2.35. The SMILES string of the molecule is COc1cc(NC(=O)C(C)(C)C(=O)NCc2ccco2)cc(OC)c1OC. The lowest BCUT2D eigenvalue weighted by molar-refractivity contribution is -0.138. The second-order valence-electron chi connectivity index (χ2n) is 6.26. The number of furan rings is 1. The minimum atomic E-state index is -1.31. The fourth-order valence-corrected chi connectivity index (χ4v) is 2.35. The zero-order valence-corrected chi connectivity index (χ0v) is 16.0. The van der Waals surface area contributed by atoms with Crippen molar-refractivity contribution >= 4 is 17.5 Å². The number of hydrogen-bond donors (Lipinski definition) is 2. The van der Waals surface area contributed by atoms with Crippen molar-refractivity contribution < 1.29 is 28.2 Å². The van der Waals surface area contributed by atoms with Crippen LogP contribution in [0.5, 0.6) is 17.2 Å². The van der Waals surface area contributed by atoms with Gasteiger partial charge in [-0.15, -0.1) is 0 Å². The molecule has 0 radical (unpaired) electrons. The molecule has 0 atom stereocenters. The Morgan fingerprint density at radius 2 is 1.67 bits per heavy atom. The van der Waals surface area contributed by atoms with Crippen LogP contribution >= 0.6 is 0 Å². The summed E-state index contributed by atoms with van der Waals surface area (Å²) in [6, 6.07) is 6.65. The van der Waals surface area contributed by atoms with Crippen LogP contribution in [0.4, 0.5) is 5.69 Å². The van der Waals surface area contributed by atoms with Gasteiger partial charge < -0.3 is 29.3 Å². The number of carbonyl (C=O) groups is 2. The normalized spacial score (nSPS) is 10.9. The molecule has 2 aromatic rings. The minimum Gasteiger partial charge on any atom is -0.493 e. The van der Waals surface area contributed by atoms with Crippen LogP contribution in [0.2, 0.25) is 0 Å². The van der Waals surface area contributed by atoms with Gasteiger partial charge in [0.25, 0.3) is 0 Å². The fraction of sp³-hybridized carbons (Fsp3) is 0.368. The van der Waals surface area contributed by atoms with E-state index in [0.717, 1.165) is 0 Å². The Morgan fingerprint density at radius 3 is 2.15 bits per heavy atom. The first-order valence-electron chi connectivity index (χ1n) is 8.25. The van der Waals surface area contributed by atoms with Crippen LogP contribution in [0.1, 0.15) is 19.6 Å². The molecule has 1 aromatic carbocycles. The molecule has 0 spiro atoms. The first-order valence-corrected chi connectivity index (χ1v) is 8.25. The lowest BCUT2D eigenvalue weighted by atomic mass is 9.91. The summed E-state index contributed by atoms with van der Waals surface area (Å²) in [4.78, 5) is 25.1. The molecule has 2 N–H and O–H groups in total. The van der Waals surface area contributed by atoms with Gasteiger partial charge in [-0.3, -0.25) is 9.59 Å². The Bertz CT molecular complexity index is 774. The number of methoxy groups -OCH3 is 3. The van der Waals surface area contributed by atoms with E-state index in [1.807, 2.05) is 0 Å². The third kappa shape index (κ3) is 4.52. The summed E-state index contributed by atoms with van der Waals surface area (Å²) in [5.41, 5.74) is -0.895. The highest BCUT2D eigenvalue weighted by molar-refractivity contribution is 6.10. The Labute approximate surface area is 157 Å². The number of amides is 2. The third-order valence-electron chi connectivity index (χ3n) is 4.06. The maximum Gasteiger partial charge on any atom is 0.239 e. The number of carbonyl (C=O) groups excluding carboxylic acids is 2. The molecule has 2 amide bonds. The predicted octanol–water partition coefficient (Wildman–Crippen LogP) is 2.59. The maximum atomic E-state index is 12.7. The van der Waals surface area contributed by atoms with Gasteiger partial charge in [-0.2, -0.15) is 0 Å². The van der Waals surface area contributed by atoms with Crippen LogP contribution in [0.3, 0.4) is 0 Å². The summed E-state index contributed by atoms with van der Waals surface area (Å²) in [6.07, 6.45) is 1.52. The number of nitrogens with one attached hydrogen (secondary N) is 2. The van der Waals surface area contributed by atoms with E-state index in [-0.39, 0.29) is 6.54 Å². The van der Waals surface area contributed by atoms with Gasteiger partial charge in [0, 0.05) is 17.8 Å². The van der Waals surface area contributed by atoms with Gasteiger partial charge in [-0.1, -0.05) is 0 Å². The highest BCUT2D eigenvalue weighted by Crippen LogP contribution is 2.40. The van der Waals surface area contributed by atoms with E-state index in [0.29, 0.717) is 28.7 Å². The summed E-state index contributed by atoms with van der Waals surface area (Å²) in [5.74, 6) is 0.898. The van der Waals surface area contributed by atoms with Crippen LogP contribution in [0.25, 0.3) is 0 Å². The lowest BCUT2D eigenvalue weighted by Crippen LogP contribution is -2.44. The van der Waals surface area contributed by atoms with E-state index >= 15 is 0 Å². The summed E-state index contributed by atoms with van der Waals surface area (Å²) in [7, 11) is 4.45. The molecule has 0 saturated heterocycles. The summed E-state index contributed by atoms with van der Waals surface area (Å²) >= 11 is 0. The van der Waals surface area contributed by atoms with Crippen molar-refractivity contribution in [3.05, 3.63) is 36.3 Å². The number of ether oxygens (including phenoxy) is 3. The zero-order chi connectivity index (χ0) is 20.0. The van der Waals surface area contributed by atoms with Crippen molar-refractivity contribution in [2.45, 2.75) is 20.4 Å². The molecule has 146 valence electrons. The molecular weight excluding hydrogens is 352 g/mol. The van der Waals surface area contributed by atoms with E-state index in [2.05, 4.69) is 10.6 Å². The van der Waals surface area contributed by atoms with E-state index in [4.69, 9.17) is 18.6 Å². The molecule has 0 aliphatic carbocycles. The number of benzene rings is 1. The van der Waals surface area contributed by atoms with Gasteiger partial charge in [0.05, 0.1) is 34.1 Å². The molecule has 1 aromatic heterocycles. The molecule has 8 heteroatoms. The molecule has 1 heterocycles. The zero-order valence-electron chi connectivity index (χ0n) is 16.0. The first kappa shape index (κ1) is 20.2. The Kier molecular flexibility index (Phi) is 6.33. The van der Waals surface area contributed by atoms with Crippen LogP contribution in [0.15, 0.2) is 34.9 Å². The molecule has 0 bridgehead atoms. The molecule has 0 aliphatic heterocycles. The summed E-state index contributed by atoms with van der Waals surface area (Å²) in [6.45, 7) is 3.28. The van der Waals surface area contributed by atoms with E-state index < -0.39 is 17.2 Å². The number of rotatable bonds is 8. The second kappa shape index (κ2) is 8.48. The van der Waals surface area contributed by atoms with Crippen molar-refractivity contribution in [2.24, 2.45) is 5.41 Å². The van der Waals surface area contributed by atoms with Gasteiger partial charge in [-0.05, 0) is 26.0 Å². The molecule has 2 rings (SSSR count). The predicted molar refractivity (Wildman–Crippen MR) is 99.1 cm³/mol. The highest BCUT2D eigenvalue weighted by atomic mass is 16.5. The minimum absolute atomic E-state index is 0.201. The average molecular weight is 376 g/mol.